The molecule has 19 heavy (non-hydrogen) atoms. The number of nitrogens with one attached hydrogen (secondary N) is 1. The van der Waals surface area contributed by atoms with Gasteiger partial charge in [-0.1, -0.05) is 30.8 Å². The normalized spacial score (nSPS) is 11.7. The number of thiazole rings is 1. The fraction of sp³-hybridized carbons (Fsp3) is 0.643. The van der Waals surface area contributed by atoms with Gasteiger partial charge in [0.2, 0.25) is 5.88 Å². The molecule has 0 bridgehead atoms. The third-order valence-electron chi connectivity index (χ3n) is 2.75. The van der Waals surface area contributed by atoms with Crippen LogP contribution in [0.2, 0.25) is 0 Å². The van der Waals surface area contributed by atoms with Crippen LogP contribution in [0.15, 0.2) is 5.57 Å². The monoisotopic (exact) mass is 283 g/mol. The maximum absolute atomic E-state index is 5.35. The van der Waals surface area contributed by atoms with Crippen LogP contribution in [0.4, 0.5) is 5.13 Å². The van der Waals surface area contributed by atoms with Crippen LogP contribution in [0, 0.1) is 0 Å². The quantitative estimate of drug-likeness (QED) is 0.744. The van der Waals surface area contributed by atoms with Crippen LogP contribution in [-0.4, -0.2) is 39.3 Å². The lowest BCUT2D eigenvalue weighted by Crippen LogP contribution is -2.17. The Kier molecular flexibility index (Phi) is 6.87. The van der Waals surface area contributed by atoms with Crippen molar-refractivity contribution in [2.75, 3.05) is 39.2 Å². The molecule has 1 rings (SSSR count). The summed E-state index contributed by atoms with van der Waals surface area (Å²) in [6.07, 6.45) is 4.40. The second-order valence-electron chi connectivity index (χ2n) is 4.60. The van der Waals surface area contributed by atoms with E-state index in [2.05, 4.69) is 30.2 Å². The topological polar surface area (TPSA) is 37.4 Å². The van der Waals surface area contributed by atoms with Gasteiger partial charge in [-0.05, 0) is 25.5 Å². The van der Waals surface area contributed by atoms with E-state index in [9.17, 15) is 0 Å². The predicted molar refractivity (Wildman–Crippen MR) is 84.4 cm³/mol. The summed E-state index contributed by atoms with van der Waals surface area (Å²) in [7, 11) is 5.66. The molecule has 0 radical (unpaired) electrons. The summed E-state index contributed by atoms with van der Waals surface area (Å²) in [5.74, 6) is 0.718. The molecule has 1 N–H and O–H groups in total. The van der Waals surface area contributed by atoms with E-state index in [1.807, 2.05) is 19.0 Å². The molecule has 0 aromatic carbocycles. The minimum Gasteiger partial charge on any atom is -0.480 e. The standard InChI is InChI=1S/C14H25N3OS/c1-6-8-15-10-11(7-2)9-12-13(18-5)16-14(19-12)17(3)4/h9,15H,6-8,10H2,1-5H3. The Morgan fingerprint density at radius 2 is 2.16 bits per heavy atom. The molecule has 0 aliphatic heterocycles. The van der Waals surface area contributed by atoms with Gasteiger partial charge in [0.15, 0.2) is 5.13 Å². The minimum absolute atomic E-state index is 0.718. The third-order valence-corrected chi connectivity index (χ3v) is 3.90. The van der Waals surface area contributed by atoms with Gasteiger partial charge in [0.1, 0.15) is 0 Å². The fourth-order valence-electron chi connectivity index (χ4n) is 1.62. The summed E-state index contributed by atoms with van der Waals surface area (Å²) in [6.45, 7) is 6.35. The van der Waals surface area contributed by atoms with Crippen molar-refractivity contribution in [3.63, 3.8) is 0 Å². The van der Waals surface area contributed by atoms with E-state index >= 15 is 0 Å². The van der Waals surface area contributed by atoms with E-state index in [4.69, 9.17) is 4.74 Å². The van der Waals surface area contributed by atoms with Crippen LogP contribution in [0.1, 0.15) is 31.6 Å². The lowest BCUT2D eigenvalue weighted by molar-refractivity contribution is 0.400. The van der Waals surface area contributed by atoms with Crippen LogP contribution in [0.5, 0.6) is 5.88 Å². The number of rotatable bonds is 8. The first-order chi connectivity index (χ1) is 9.12. The van der Waals surface area contributed by atoms with Crippen LogP contribution >= 0.6 is 11.3 Å². The summed E-state index contributed by atoms with van der Waals surface area (Å²) in [5, 5.41) is 4.41. The van der Waals surface area contributed by atoms with Crippen LogP contribution < -0.4 is 15.0 Å². The Balaban J connectivity index is 2.86. The molecule has 0 atom stereocenters. The van der Waals surface area contributed by atoms with E-state index in [-0.39, 0.29) is 0 Å². The van der Waals surface area contributed by atoms with Gasteiger partial charge in [-0.15, -0.1) is 0 Å². The zero-order valence-electron chi connectivity index (χ0n) is 12.6. The zero-order valence-corrected chi connectivity index (χ0v) is 13.4. The Morgan fingerprint density at radius 1 is 1.42 bits per heavy atom. The van der Waals surface area contributed by atoms with Crippen molar-refractivity contribution in [2.45, 2.75) is 26.7 Å². The molecule has 0 aliphatic rings. The molecule has 108 valence electrons. The van der Waals surface area contributed by atoms with Gasteiger partial charge in [-0.2, -0.15) is 4.98 Å². The Morgan fingerprint density at radius 3 is 2.68 bits per heavy atom. The average Bonchev–Trinajstić information content (AvgIpc) is 2.81. The van der Waals surface area contributed by atoms with Crippen molar-refractivity contribution in [1.29, 1.82) is 0 Å². The largest absolute Gasteiger partial charge is 0.480 e. The number of hydrogen-bond acceptors (Lipinski definition) is 5. The molecule has 0 aliphatic carbocycles. The molecule has 4 nitrogen and oxygen atoms in total. The second-order valence-corrected chi connectivity index (χ2v) is 5.61. The second kappa shape index (κ2) is 8.17. The van der Waals surface area contributed by atoms with Gasteiger partial charge < -0.3 is 15.0 Å². The molecule has 0 saturated carbocycles. The number of hydrogen-bond donors (Lipinski definition) is 1. The molecule has 1 heterocycles. The van der Waals surface area contributed by atoms with Gasteiger partial charge in [-0.3, -0.25) is 0 Å². The SMILES string of the molecule is CCCNCC(=Cc1sc(N(C)C)nc1OC)CC. The number of anilines is 1. The summed E-state index contributed by atoms with van der Waals surface area (Å²) >= 11 is 1.66. The summed E-state index contributed by atoms with van der Waals surface area (Å²) < 4.78 is 5.35. The van der Waals surface area contributed by atoms with Crippen molar-refractivity contribution >= 4 is 22.5 Å². The first-order valence-corrected chi connectivity index (χ1v) is 7.56. The summed E-state index contributed by atoms with van der Waals surface area (Å²) in [4.78, 5) is 7.57. The highest BCUT2D eigenvalue weighted by atomic mass is 32.1. The predicted octanol–water partition coefficient (Wildman–Crippen LogP) is 3.01. The summed E-state index contributed by atoms with van der Waals surface area (Å²) in [5.41, 5.74) is 1.38. The average molecular weight is 283 g/mol. The van der Waals surface area contributed by atoms with Gasteiger partial charge in [0.05, 0.1) is 12.0 Å². The highest BCUT2D eigenvalue weighted by Crippen LogP contribution is 2.32. The Labute approximate surface area is 120 Å². The minimum atomic E-state index is 0.718. The van der Waals surface area contributed by atoms with Crippen molar-refractivity contribution in [3.05, 3.63) is 10.5 Å². The van der Waals surface area contributed by atoms with Crippen LogP contribution in [-0.2, 0) is 0 Å². The zero-order chi connectivity index (χ0) is 14.3. The maximum Gasteiger partial charge on any atom is 0.233 e. The lowest BCUT2D eigenvalue weighted by Gasteiger charge is -2.06. The number of ether oxygens (including phenoxy) is 1. The third kappa shape index (κ3) is 4.84. The molecule has 1 aromatic heterocycles. The van der Waals surface area contributed by atoms with Gasteiger partial charge in [0.25, 0.3) is 0 Å². The van der Waals surface area contributed by atoms with Gasteiger partial charge in [-0.25, -0.2) is 0 Å². The van der Waals surface area contributed by atoms with Gasteiger partial charge >= 0.3 is 0 Å². The smallest absolute Gasteiger partial charge is 0.233 e. The van der Waals surface area contributed by atoms with E-state index < -0.39 is 0 Å². The lowest BCUT2D eigenvalue weighted by atomic mass is 10.2. The maximum atomic E-state index is 5.35. The highest BCUT2D eigenvalue weighted by Gasteiger charge is 2.11. The van der Waals surface area contributed by atoms with E-state index in [0.29, 0.717) is 0 Å². The van der Waals surface area contributed by atoms with Crippen LogP contribution in [0.3, 0.4) is 0 Å². The first-order valence-electron chi connectivity index (χ1n) is 6.74. The molecule has 5 heteroatoms. The first kappa shape index (κ1) is 16.0. The molecule has 0 saturated heterocycles. The number of nitrogens with zero attached hydrogens (tertiary/aromatic N) is 2. The molecular weight excluding hydrogens is 258 g/mol. The van der Waals surface area contributed by atoms with Gasteiger partial charge in [0, 0.05) is 20.6 Å². The molecule has 0 fully saturated rings. The van der Waals surface area contributed by atoms with Crippen molar-refractivity contribution in [2.24, 2.45) is 0 Å². The number of aromatic nitrogens is 1. The molecule has 1 aromatic rings. The Bertz CT molecular complexity index is 413. The molecule has 0 spiro atoms. The number of methoxy groups -OCH3 is 1. The van der Waals surface area contributed by atoms with E-state index in [1.54, 1.807) is 18.4 Å². The molecular formula is C14H25N3OS. The molecule has 0 amide bonds. The van der Waals surface area contributed by atoms with E-state index in [1.165, 1.54) is 5.57 Å². The fourth-order valence-corrected chi connectivity index (χ4v) is 2.57. The van der Waals surface area contributed by atoms with Crippen LogP contribution in [0.25, 0.3) is 6.08 Å². The summed E-state index contributed by atoms with van der Waals surface area (Å²) in [6, 6.07) is 0. The van der Waals surface area contributed by atoms with E-state index in [0.717, 1.165) is 41.8 Å². The molecule has 0 unspecified atom stereocenters. The highest BCUT2D eigenvalue weighted by molar-refractivity contribution is 7.16. The Hall–Kier alpha value is -1.07. The van der Waals surface area contributed by atoms with Crippen molar-refractivity contribution in [1.82, 2.24) is 10.3 Å². The van der Waals surface area contributed by atoms with Crippen molar-refractivity contribution < 1.29 is 4.74 Å². The van der Waals surface area contributed by atoms with Crippen molar-refractivity contribution in [3.8, 4) is 5.88 Å².